The van der Waals surface area contributed by atoms with E-state index < -0.39 is 18.2 Å². The van der Waals surface area contributed by atoms with Crippen LogP contribution in [0.1, 0.15) is 5.69 Å². The molecule has 1 rings (SSSR count). The van der Waals surface area contributed by atoms with Gasteiger partial charge in [-0.15, -0.1) is 0 Å². The van der Waals surface area contributed by atoms with Crippen molar-refractivity contribution < 1.29 is 13.9 Å². The summed E-state index contributed by atoms with van der Waals surface area (Å²) in [4.78, 5) is 6.77. The van der Waals surface area contributed by atoms with E-state index in [9.17, 15) is 8.78 Å². The van der Waals surface area contributed by atoms with E-state index in [1.165, 1.54) is 6.20 Å². The lowest BCUT2D eigenvalue weighted by Gasteiger charge is -2.10. The van der Waals surface area contributed by atoms with E-state index in [2.05, 4.69) is 9.97 Å². The Kier molecular flexibility index (Phi) is 2.09. The molecule has 3 nitrogen and oxygen atoms in total. The molecule has 0 aliphatic heterocycles. The lowest BCUT2D eigenvalue weighted by Crippen LogP contribution is -2.19. The molecule has 0 spiro atoms. The molecule has 0 aliphatic rings. The van der Waals surface area contributed by atoms with Crippen molar-refractivity contribution in [2.45, 2.75) is 5.92 Å². The Morgan fingerprint density at radius 2 is 2.27 bits per heavy atom. The second-order valence-electron chi connectivity index (χ2n) is 1.96. The van der Waals surface area contributed by atoms with Gasteiger partial charge in [-0.2, -0.15) is 8.78 Å². The number of halogens is 2. The van der Waals surface area contributed by atoms with Crippen LogP contribution in [0.15, 0.2) is 18.6 Å². The minimum absolute atomic E-state index is 0.463. The van der Waals surface area contributed by atoms with Crippen LogP contribution in [0.25, 0.3) is 0 Å². The highest BCUT2D eigenvalue weighted by molar-refractivity contribution is 5.05. The maximum atomic E-state index is 12.5. The number of aliphatic hydroxyl groups excluding tert-OH is 1. The van der Waals surface area contributed by atoms with E-state index in [0.29, 0.717) is 0 Å². The van der Waals surface area contributed by atoms with Gasteiger partial charge in [0, 0.05) is 6.20 Å². The number of hydrogen-bond acceptors (Lipinski definition) is 3. The Hall–Kier alpha value is -1.10. The summed E-state index contributed by atoms with van der Waals surface area (Å²) in [5.41, 5.74) is -0.463. The average Bonchev–Trinajstić information content (AvgIpc) is 2.06. The number of nitrogens with zero attached hydrogens (tertiary/aromatic N) is 2. The Balaban J connectivity index is 2.93. The maximum Gasteiger partial charge on any atom is 0.312 e. The van der Waals surface area contributed by atoms with Crippen molar-refractivity contribution in [3.8, 4) is 0 Å². The van der Waals surface area contributed by atoms with Gasteiger partial charge in [0.1, 0.15) is 18.6 Å². The number of aromatic nitrogens is 2. The second-order valence-corrected chi connectivity index (χ2v) is 1.96. The lowest BCUT2D eigenvalue weighted by atomic mass is 10.2. The molecule has 11 heavy (non-hydrogen) atoms. The van der Waals surface area contributed by atoms with Gasteiger partial charge >= 0.3 is 5.92 Å². The van der Waals surface area contributed by atoms with Gasteiger partial charge in [0.15, 0.2) is 0 Å². The van der Waals surface area contributed by atoms with Crippen LogP contribution in [-0.2, 0) is 5.92 Å². The molecule has 0 amide bonds. The van der Waals surface area contributed by atoms with Crippen molar-refractivity contribution in [2.24, 2.45) is 0 Å². The normalized spacial score (nSPS) is 11.5. The largest absolute Gasteiger partial charge is 0.390 e. The van der Waals surface area contributed by atoms with Crippen LogP contribution in [-0.4, -0.2) is 21.7 Å². The molecule has 0 atom stereocenters. The molecule has 0 bridgehead atoms. The molecule has 0 fully saturated rings. The third-order valence-corrected chi connectivity index (χ3v) is 1.16. The molecule has 1 aromatic heterocycles. The van der Waals surface area contributed by atoms with Crippen molar-refractivity contribution in [1.82, 2.24) is 9.97 Å². The topological polar surface area (TPSA) is 46.0 Å². The van der Waals surface area contributed by atoms with Gasteiger partial charge in [0.2, 0.25) is 0 Å². The van der Waals surface area contributed by atoms with E-state index in [1.54, 1.807) is 0 Å². The molecule has 1 N–H and O–H groups in total. The summed E-state index contributed by atoms with van der Waals surface area (Å²) in [7, 11) is 0. The molecule has 0 saturated carbocycles. The zero-order chi connectivity index (χ0) is 8.32. The van der Waals surface area contributed by atoms with E-state index >= 15 is 0 Å². The molecule has 1 heterocycles. The monoisotopic (exact) mass is 160 g/mol. The summed E-state index contributed by atoms with van der Waals surface area (Å²) in [5.74, 6) is -3.26. The summed E-state index contributed by atoms with van der Waals surface area (Å²) in [6, 6.07) is 1.07. The first-order chi connectivity index (χ1) is 5.17. The average molecular weight is 160 g/mol. The van der Waals surface area contributed by atoms with Crippen LogP contribution in [0.5, 0.6) is 0 Å². The first kappa shape index (κ1) is 8.00. The number of hydrogen-bond donors (Lipinski definition) is 1. The molecule has 0 saturated heterocycles. The van der Waals surface area contributed by atoms with Gasteiger partial charge in [-0.25, -0.2) is 9.97 Å². The third kappa shape index (κ3) is 1.68. The quantitative estimate of drug-likeness (QED) is 0.687. The second kappa shape index (κ2) is 2.87. The van der Waals surface area contributed by atoms with Crippen LogP contribution in [0.3, 0.4) is 0 Å². The molecule has 1 aromatic rings. The smallest absolute Gasteiger partial charge is 0.312 e. The Morgan fingerprint density at radius 3 is 2.73 bits per heavy atom. The van der Waals surface area contributed by atoms with Gasteiger partial charge in [-0.1, -0.05) is 0 Å². The fourth-order valence-corrected chi connectivity index (χ4v) is 0.588. The van der Waals surface area contributed by atoms with Crippen LogP contribution in [0, 0.1) is 0 Å². The molecule has 0 aliphatic carbocycles. The van der Waals surface area contributed by atoms with E-state index in [1.807, 2.05) is 0 Å². The molecule has 0 unspecified atom stereocenters. The Morgan fingerprint density at radius 1 is 1.55 bits per heavy atom. The predicted molar refractivity (Wildman–Crippen MR) is 33.0 cm³/mol. The SMILES string of the molecule is OCC(F)(F)c1ccncn1. The van der Waals surface area contributed by atoms with E-state index in [-0.39, 0.29) is 0 Å². The predicted octanol–water partition coefficient (Wildman–Crippen LogP) is 0.561. The van der Waals surface area contributed by atoms with Gasteiger partial charge in [-0.05, 0) is 6.07 Å². The van der Waals surface area contributed by atoms with Crippen LogP contribution >= 0.6 is 0 Å². The summed E-state index contributed by atoms with van der Waals surface area (Å²) in [6.07, 6.45) is 2.21. The molecule has 0 radical (unpaired) electrons. The first-order valence-electron chi connectivity index (χ1n) is 2.92. The van der Waals surface area contributed by atoms with Gasteiger partial charge < -0.3 is 5.11 Å². The zero-order valence-corrected chi connectivity index (χ0v) is 5.54. The van der Waals surface area contributed by atoms with Gasteiger partial charge in [0.05, 0.1) is 0 Å². The summed E-state index contributed by atoms with van der Waals surface area (Å²) < 4.78 is 25.1. The molecule has 5 heteroatoms. The highest BCUT2D eigenvalue weighted by Crippen LogP contribution is 2.23. The maximum absolute atomic E-state index is 12.5. The fourth-order valence-electron chi connectivity index (χ4n) is 0.588. The minimum Gasteiger partial charge on any atom is -0.390 e. The zero-order valence-electron chi connectivity index (χ0n) is 5.54. The Labute approximate surface area is 61.7 Å². The molecule has 60 valence electrons. The molecular formula is C6H6F2N2O. The van der Waals surface area contributed by atoms with E-state index in [4.69, 9.17) is 5.11 Å². The van der Waals surface area contributed by atoms with Crippen molar-refractivity contribution in [2.75, 3.05) is 6.61 Å². The lowest BCUT2D eigenvalue weighted by molar-refractivity contribution is -0.0593. The standard InChI is InChI=1S/C6H6F2N2O/c7-6(8,3-11)5-1-2-9-4-10-5/h1-2,4,11H,3H2. The highest BCUT2D eigenvalue weighted by atomic mass is 19.3. The summed E-state index contributed by atoms with van der Waals surface area (Å²) in [5, 5.41) is 8.24. The third-order valence-electron chi connectivity index (χ3n) is 1.16. The molecule has 0 aromatic carbocycles. The van der Waals surface area contributed by atoms with Gasteiger partial charge in [0.25, 0.3) is 0 Å². The van der Waals surface area contributed by atoms with Crippen molar-refractivity contribution >= 4 is 0 Å². The summed E-state index contributed by atoms with van der Waals surface area (Å²) >= 11 is 0. The van der Waals surface area contributed by atoms with Crippen molar-refractivity contribution in [3.05, 3.63) is 24.3 Å². The van der Waals surface area contributed by atoms with E-state index in [0.717, 1.165) is 12.4 Å². The fraction of sp³-hybridized carbons (Fsp3) is 0.333. The highest BCUT2D eigenvalue weighted by Gasteiger charge is 2.31. The van der Waals surface area contributed by atoms with Crippen LogP contribution in [0.4, 0.5) is 8.78 Å². The Bertz CT molecular complexity index is 227. The minimum atomic E-state index is -3.26. The van der Waals surface area contributed by atoms with Crippen LogP contribution in [0.2, 0.25) is 0 Å². The number of rotatable bonds is 2. The van der Waals surface area contributed by atoms with Crippen LogP contribution < -0.4 is 0 Å². The van der Waals surface area contributed by atoms with Gasteiger partial charge in [-0.3, -0.25) is 0 Å². The first-order valence-corrected chi connectivity index (χ1v) is 2.92. The number of alkyl halides is 2. The van der Waals surface area contributed by atoms with Crippen molar-refractivity contribution in [3.63, 3.8) is 0 Å². The van der Waals surface area contributed by atoms with Crippen molar-refractivity contribution in [1.29, 1.82) is 0 Å². The summed E-state index contributed by atoms with van der Waals surface area (Å²) in [6.45, 7) is -1.23. The number of aliphatic hydroxyl groups is 1. The molecular weight excluding hydrogens is 154 g/mol.